The quantitative estimate of drug-likeness (QED) is 0.273. The zero-order valence-corrected chi connectivity index (χ0v) is 26.4. The molecule has 0 heterocycles. The third-order valence-corrected chi connectivity index (χ3v) is 8.94. The summed E-state index contributed by atoms with van der Waals surface area (Å²) in [6.07, 6.45) is 0. The first-order valence-electron chi connectivity index (χ1n) is 12.7. The minimum absolute atomic E-state index is 0.0132. The highest BCUT2D eigenvalue weighted by molar-refractivity contribution is 7.92. The van der Waals surface area contributed by atoms with E-state index in [-0.39, 0.29) is 28.2 Å². The molecule has 0 radical (unpaired) electrons. The van der Waals surface area contributed by atoms with Crippen molar-refractivity contribution in [1.29, 1.82) is 0 Å². The molecule has 3 aromatic carbocycles. The average molecular weight is 641 g/mol. The number of halogens is 3. The average Bonchev–Trinajstić information content (AvgIpc) is 2.90. The van der Waals surface area contributed by atoms with Crippen molar-refractivity contribution >= 4 is 62.3 Å². The van der Waals surface area contributed by atoms with Gasteiger partial charge >= 0.3 is 0 Å². The van der Waals surface area contributed by atoms with Gasteiger partial charge in [0.15, 0.2) is 0 Å². The van der Waals surface area contributed by atoms with Crippen LogP contribution >= 0.6 is 34.8 Å². The standard InChI is InChI=1S/C29H32Cl3N3O5S/c1-18(2)33-29(37)20(4)34(16-21-8-9-22(30)14-25(21)31)28(36)17-35(23-10-13-27(40-5)26(32)15-23)41(38,39)24-11-6-19(3)7-12-24/h6-15,18,20H,16-17H2,1-5H3,(H,33,37). The number of benzene rings is 3. The summed E-state index contributed by atoms with van der Waals surface area (Å²) in [6, 6.07) is 14.4. The molecule has 0 spiro atoms. The van der Waals surface area contributed by atoms with E-state index < -0.39 is 34.4 Å². The van der Waals surface area contributed by atoms with Gasteiger partial charge in [0.2, 0.25) is 11.8 Å². The first-order chi connectivity index (χ1) is 19.2. The summed E-state index contributed by atoms with van der Waals surface area (Å²) in [7, 11) is -2.81. The fraction of sp³-hybridized carbons (Fsp3) is 0.310. The van der Waals surface area contributed by atoms with Gasteiger partial charge in [0, 0.05) is 22.6 Å². The van der Waals surface area contributed by atoms with Crippen molar-refractivity contribution in [2.75, 3.05) is 18.0 Å². The number of nitrogens with one attached hydrogen (secondary N) is 1. The molecule has 3 rings (SSSR count). The molecule has 0 bridgehead atoms. The number of carbonyl (C=O) groups is 2. The number of carbonyl (C=O) groups excluding carboxylic acids is 2. The number of hydrogen-bond donors (Lipinski definition) is 1. The summed E-state index contributed by atoms with van der Waals surface area (Å²) in [6.45, 7) is 6.33. The van der Waals surface area contributed by atoms with Crippen LogP contribution in [0.15, 0.2) is 65.6 Å². The first-order valence-corrected chi connectivity index (χ1v) is 15.3. The molecular weight excluding hydrogens is 609 g/mol. The summed E-state index contributed by atoms with van der Waals surface area (Å²) in [5.74, 6) is -0.698. The van der Waals surface area contributed by atoms with Gasteiger partial charge in [0.05, 0.1) is 22.7 Å². The van der Waals surface area contributed by atoms with Crippen molar-refractivity contribution in [2.45, 2.75) is 51.2 Å². The number of aryl methyl sites for hydroxylation is 1. The molecule has 1 N–H and O–H groups in total. The van der Waals surface area contributed by atoms with E-state index in [1.165, 1.54) is 48.4 Å². The molecule has 2 amide bonds. The van der Waals surface area contributed by atoms with Crippen molar-refractivity contribution in [3.63, 3.8) is 0 Å². The Labute approximate surface area is 256 Å². The Morgan fingerprint density at radius 1 is 0.927 bits per heavy atom. The lowest BCUT2D eigenvalue weighted by Gasteiger charge is -2.32. The normalized spacial score (nSPS) is 12.1. The van der Waals surface area contributed by atoms with Crippen LogP contribution < -0.4 is 14.4 Å². The number of ether oxygens (including phenoxy) is 1. The molecule has 0 saturated carbocycles. The van der Waals surface area contributed by atoms with Crippen LogP contribution in [-0.4, -0.2) is 50.9 Å². The fourth-order valence-corrected chi connectivity index (χ4v) is 6.12. The Bertz CT molecular complexity index is 1510. The van der Waals surface area contributed by atoms with Gasteiger partial charge in [0.1, 0.15) is 18.3 Å². The number of nitrogens with zero attached hydrogens (tertiary/aromatic N) is 2. The van der Waals surface area contributed by atoms with Crippen LogP contribution in [0.2, 0.25) is 15.1 Å². The molecule has 12 heteroatoms. The molecule has 0 aromatic heterocycles. The van der Waals surface area contributed by atoms with Gasteiger partial charge < -0.3 is 15.0 Å². The second-order valence-electron chi connectivity index (χ2n) is 9.74. The number of anilines is 1. The minimum Gasteiger partial charge on any atom is -0.495 e. The maximum Gasteiger partial charge on any atom is 0.264 e. The van der Waals surface area contributed by atoms with E-state index in [4.69, 9.17) is 39.5 Å². The van der Waals surface area contributed by atoms with Gasteiger partial charge in [-0.2, -0.15) is 0 Å². The van der Waals surface area contributed by atoms with E-state index in [0.29, 0.717) is 21.4 Å². The van der Waals surface area contributed by atoms with E-state index in [9.17, 15) is 18.0 Å². The third-order valence-electron chi connectivity index (χ3n) is 6.27. The highest BCUT2D eigenvalue weighted by atomic mass is 35.5. The molecule has 0 fully saturated rings. The molecule has 41 heavy (non-hydrogen) atoms. The molecule has 3 aromatic rings. The largest absolute Gasteiger partial charge is 0.495 e. The van der Waals surface area contributed by atoms with E-state index in [1.807, 2.05) is 6.92 Å². The van der Waals surface area contributed by atoms with E-state index in [1.54, 1.807) is 45.0 Å². The van der Waals surface area contributed by atoms with Gasteiger partial charge in [-0.1, -0.05) is 58.6 Å². The van der Waals surface area contributed by atoms with Crippen molar-refractivity contribution < 1.29 is 22.7 Å². The predicted octanol–water partition coefficient (Wildman–Crippen LogP) is 6.10. The molecule has 0 aliphatic heterocycles. The number of amides is 2. The topological polar surface area (TPSA) is 96.0 Å². The van der Waals surface area contributed by atoms with E-state index in [2.05, 4.69) is 5.32 Å². The SMILES string of the molecule is COc1ccc(N(CC(=O)N(Cc2ccc(Cl)cc2Cl)C(C)C(=O)NC(C)C)S(=O)(=O)c2ccc(C)cc2)cc1Cl. The fourth-order valence-electron chi connectivity index (χ4n) is 4.00. The van der Waals surface area contributed by atoms with Crippen LogP contribution in [0.25, 0.3) is 0 Å². The Balaban J connectivity index is 2.09. The Morgan fingerprint density at radius 3 is 2.15 bits per heavy atom. The van der Waals surface area contributed by atoms with Crippen LogP contribution in [0.5, 0.6) is 5.75 Å². The van der Waals surface area contributed by atoms with Gasteiger partial charge in [-0.3, -0.25) is 13.9 Å². The van der Waals surface area contributed by atoms with Crippen molar-refractivity contribution in [3.8, 4) is 5.75 Å². The first kappa shape index (κ1) is 32.5. The molecule has 1 unspecified atom stereocenters. The lowest BCUT2D eigenvalue weighted by molar-refractivity contribution is -0.139. The zero-order valence-electron chi connectivity index (χ0n) is 23.3. The molecule has 220 valence electrons. The van der Waals surface area contributed by atoms with Crippen molar-refractivity contribution in [3.05, 3.63) is 86.9 Å². The van der Waals surface area contributed by atoms with Crippen molar-refractivity contribution in [2.24, 2.45) is 0 Å². The number of hydrogen-bond acceptors (Lipinski definition) is 5. The summed E-state index contributed by atoms with van der Waals surface area (Å²) >= 11 is 18.8. The maximum absolute atomic E-state index is 14.0. The molecule has 1 atom stereocenters. The molecule has 0 saturated heterocycles. The third kappa shape index (κ3) is 8.07. The molecule has 0 aliphatic carbocycles. The summed E-state index contributed by atoms with van der Waals surface area (Å²) in [5.41, 5.74) is 1.55. The highest BCUT2D eigenvalue weighted by Gasteiger charge is 2.33. The predicted molar refractivity (Wildman–Crippen MR) is 163 cm³/mol. The van der Waals surface area contributed by atoms with Gasteiger partial charge in [-0.15, -0.1) is 0 Å². The van der Waals surface area contributed by atoms with Crippen LogP contribution in [0.1, 0.15) is 31.9 Å². The van der Waals surface area contributed by atoms with Crippen LogP contribution in [-0.2, 0) is 26.2 Å². The molecular formula is C29H32Cl3N3O5S. The lowest BCUT2D eigenvalue weighted by atomic mass is 10.1. The highest BCUT2D eigenvalue weighted by Crippen LogP contribution is 2.32. The van der Waals surface area contributed by atoms with Crippen molar-refractivity contribution in [1.82, 2.24) is 10.2 Å². The van der Waals surface area contributed by atoms with Crippen LogP contribution in [0.3, 0.4) is 0 Å². The Morgan fingerprint density at radius 2 is 1.59 bits per heavy atom. The molecule has 0 aliphatic rings. The lowest BCUT2D eigenvalue weighted by Crippen LogP contribution is -2.52. The van der Waals surface area contributed by atoms with Crippen LogP contribution in [0, 0.1) is 6.92 Å². The summed E-state index contributed by atoms with van der Waals surface area (Å²) < 4.78 is 34.0. The summed E-state index contributed by atoms with van der Waals surface area (Å²) in [4.78, 5) is 28.3. The monoisotopic (exact) mass is 639 g/mol. The number of methoxy groups -OCH3 is 1. The van der Waals surface area contributed by atoms with E-state index in [0.717, 1.165) is 9.87 Å². The maximum atomic E-state index is 14.0. The van der Waals surface area contributed by atoms with E-state index >= 15 is 0 Å². The number of rotatable bonds is 11. The second-order valence-corrected chi connectivity index (χ2v) is 12.9. The second kappa shape index (κ2) is 13.8. The van der Waals surface area contributed by atoms with Gasteiger partial charge in [-0.05, 0) is 75.7 Å². The Hall–Kier alpha value is -2.98. The smallest absolute Gasteiger partial charge is 0.264 e. The van der Waals surface area contributed by atoms with Gasteiger partial charge in [0.25, 0.3) is 10.0 Å². The molecule has 8 nitrogen and oxygen atoms in total. The minimum atomic E-state index is -4.25. The van der Waals surface area contributed by atoms with Crippen LogP contribution in [0.4, 0.5) is 5.69 Å². The Kier molecular flexibility index (Phi) is 10.9. The number of sulfonamides is 1. The van der Waals surface area contributed by atoms with Gasteiger partial charge in [-0.25, -0.2) is 8.42 Å². The zero-order chi connectivity index (χ0) is 30.5. The summed E-state index contributed by atoms with van der Waals surface area (Å²) in [5, 5.41) is 3.68.